The summed E-state index contributed by atoms with van der Waals surface area (Å²) in [5, 5.41) is 0. The van der Waals surface area contributed by atoms with Crippen molar-refractivity contribution >= 4 is 29.9 Å². The summed E-state index contributed by atoms with van der Waals surface area (Å²) in [7, 11) is 0. The van der Waals surface area contributed by atoms with Crippen LogP contribution in [0.4, 0.5) is 0 Å². The molecule has 0 atom stereocenters. The summed E-state index contributed by atoms with van der Waals surface area (Å²) in [6, 6.07) is 3.78. The van der Waals surface area contributed by atoms with Gasteiger partial charge in [-0.1, -0.05) is 12.8 Å². The molecule has 0 unspecified atom stereocenters. The van der Waals surface area contributed by atoms with Crippen LogP contribution in [0.3, 0.4) is 0 Å². The second-order valence-corrected chi connectivity index (χ2v) is 4.16. The highest BCUT2D eigenvalue weighted by molar-refractivity contribution is 14.0. The maximum Gasteiger partial charge on any atom is 0.191 e. The minimum atomic E-state index is 0. The van der Waals surface area contributed by atoms with E-state index in [1.807, 2.05) is 12.1 Å². The number of hydrogen-bond acceptors (Lipinski definition) is 2. The van der Waals surface area contributed by atoms with Gasteiger partial charge in [0.2, 0.25) is 0 Å². The van der Waals surface area contributed by atoms with Crippen LogP contribution < -0.4 is 5.73 Å². The third-order valence-electron chi connectivity index (χ3n) is 2.91. The Morgan fingerprint density at radius 3 is 2.59 bits per heavy atom. The lowest BCUT2D eigenvalue weighted by Crippen LogP contribution is -2.38. The standard InChI is InChI=1S/C12H19N3O.HI/c13-12(14-10-11-6-5-9-16-11)15-7-3-1-2-4-8-15;/h5-6,9H,1-4,7-8,10H2,(H2,13,14);1H. The van der Waals surface area contributed by atoms with Crippen molar-refractivity contribution in [3.05, 3.63) is 24.2 Å². The predicted molar refractivity (Wildman–Crippen MR) is 79.5 cm³/mol. The van der Waals surface area contributed by atoms with Crippen molar-refractivity contribution in [1.29, 1.82) is 0 Å². The highest BCUT2D eigenvalue weighted by Gasteiger charge is 2.10. The predicted octanol–water partition coefficient (Wildman–Crippen LogP) is 2.59. The zero-order valence-corrected chi connectivity index (χ0v) is 12.3. The summed E-state index contributed by atoms with van der Waals surface area (Å²) in [5.74, 6) is 1.51. The smallest absolute Gasteiger partial charge is 0.191 e. The number of guanidine groups is 1. The summed E-state index contributed by atoms with van der Waals surface area (Å²) in [4.78, 5) is 6.54. The summed E-state index contributed by atoms with van der Waals surface area (Å²) in [6.07, 6.45) is 6.71. The summed E-state index contributed by atoms with van der Waals surface area (Å²) in [5.41, 5.74) is 5.97. The van der Waals surface area contributed by atoms with Crippen molar-refractivity contribution in [3.8, 4) is 0 Å². The van der Waals surface area contributed by atoms with Crippen molar-refractivity contribution in [2.24, 2.45) is 10.7 Å². The van der Waals surface area contributed by atoms with Crippen LogP contribution >= 0.6 is 24.0 Å². The number of furan rings is 1. The molecule has 1 aromatic rings. The van der Waals surface area contributed by atoms with E-state index in [2.05, 4.69) is 9.89 Å². The highest BCUT2D eigenvalue weighted by Crippen LogP contribution is 2.09. The van der Waals surface area contributed by atoms with Crippen LogP contribution in [0.1, 0.15) is 31.4 Å². The Balaban J connectivity index is 0.00000144. The number of hydrogen-bond donors (Lipinski definition) is 1. The van der Waals surface area contributed by atoms with Crippen LogP contribution in [0, 0.1) is 0 Å². The molecule has 17 heavy (non-hydrogen) atoms. The first-order chi connectivity index (χ1) is 7.86. The van der Waals surface area contributed by atoms with Gasteiger partial charge in [-0.2, -0.15) is 0 Å². The van der Waals surface area contributed by atoms with Crippen LogP contribution in [0.2, 0.25) is 0 Å². The molecule has 1 fully saturated rings. The quantitative estimate of drug-likeness (QED) is 0.507. The van der Waals surface area contributed by atoms with Gasteiger partial charge in [0.25, 0.3) is 0 Å². The molecule has 4 nitrogen and oxygen atoms in total. The minimum absolute atomic E-state index is 0. The van der Waals surface area contributed by atoms with E-state index >= 15 is 0 Å². The van der Waals surface area contributed by atoms with Gasteiger partial charge in [-0.3, -0.25) is 0 Å². The molecule has 0 amide bonds. The average Bonchev–Trinajstić information content (AvgIpc) is 2.66. The van der Waals surface area contributed by atoms with Crippen molar-refractivity contribution < 1.29 is 4.42 Å². The van der Waals surface area contributed by atoms with Gasteiger partial charge in [0, 0.05) is 13.1 Å². The van der Waals surface area contributed by atoms with Gasteiger partial charge < -0.3 is 15.1 Å². The number of nitrogens with zero attached hydrogens (tertiary/aromatic N) is 2. The molecule has 2 heterocycles. The van der Waals surface area contributed by atoms with Gasteiger partial charge in [-0.15, -0.1) is 24.0 Å². The van der Waals surface area contributed by atoms with E-state index in [1.54, 1.807) is 6.26 Å². The van der Waals surface area contributed by atoms with E-state index in [0.717, 1.165) is 18.8 Å². The minimum Gasteiger partial charge on any atom is -0.467 e. The van der Waals surface area contributed by atoms with Gasteiger partial charge in [0.05, 0.1) is 6.26 Å². The molecule has 5 heteroatoms. The number of aliphatic imine (C=N–C) groups is 1. The van der Waals surface area contributed by atoms with E-state index in [9.17, 15) is 0 Å². The molecule has 1 saturated heterocycles. The molecular weight excluding hydrogens is 329 g/mol. The molecule has 1 aromatic heterocycles. The lowest BCUT2D eigenvalue weighted by atomic mass is 10.2. The Kier molecular flexibility index (Phi) is 6.39. The average molecular weight is 349 g/mol. The lowest BCUT2D eigenvalue weighted by molar-refractivity contribution is 0.426. The van der Waals surface area contributed by atoms with Crippen LogP contribution in [0.25, 0.3) is 0 Å². The molecule has 0 spiro atoms. The second kappa shape index (κ2) is 7.58. The first-order valence-corrected chi connectivity index (χ1v) is 5.93. The summed E-state index contributed by atoms with van der Waals surface area (Å²) < 4.78 is 5.21. The Morgan fingerprint density at radius 1 is 1.29 bits per heavy atom. The number of rotatable bonds is 2. The van der Waals surface area contributed by atoms with Crippen LogP contribution in [-0.4, -0.2) is 23.9 Å². The number of nitrogens with two attached hydrogens (primary N) is 1. The summed E-state index contributed by atoms with van der Waals surface area (Å²) >= 11 is 0. The van der Waals surface area contributed by atoms with E-state index in [0.29, 0.717) is 12.5 Å². The Hall–Kier alpha value is -0.720. The van der Waals surface area contributed by atoms with Crippen molar-refractivity contribution in [3.63, 3.8) is 0 Å². The Labute approximate surface area is 119 Å². The molecule has 0 bridgehead atoms. The molecule has 0 saturated carbocycles. The summed E-state index contributed by atoms with van der Waals surface area (Å²) in [6.45, 7) is 2.61. The fourth-order valence-corrected chi connectivity index (χ4v) is 1.96. The molecule has 0 radical (unpaired) electrons. The van der Waals surface area contributed by atoms with Crippen molar-refractivity contribution in [1.82, 2.24) is 4.90 Å². The molecule has 0 aliphatic carbocycles. The van der Waals surface area contributed by atoms with E-state index in [1.165, 1.54) is 25.7 Å². The third kappa shape index (κ3) is 4.57. The van der Waals surface area contributed by atoms with E-state index in [4.69, 9.17) is 10.2 Å². The van der Waals surface area contributed by atoms with E-state index in [-0.39, 0.29) is 24.0 Å². The van der Waals surface area contributed by atoms with Gasteiger partial charge in [-0.25, -0.2) is 4.99 Å². The fourth-order valence-electron chi connectivity index (χ4n) is 1.96. The second-order valence-electron chi connectivity index (χ2n) is 4.16. The van der Waals surface area contributed by atoms with Crippen molar-refractivity contribution in [2.75, 3.05) is 13.1 Å². The first kappa shape index (κ1) is 14.3. The first-order valence-electron chi connectivity index (χ1n) is 5.93. The molecule has 0 aromatic carbocycles. The Bertz CT molecular complexity index is 330. The zero-order chi connectivity index (χ0) is 11.2. The third-order valence-corrected chi connectivity index (χ3v) is 2.91. The van der Waals surface area contributed by atoms with E-state index < -0.39 is 0 Å². The SMILES string of the molecule is I.NC(=NCc1ccco1)N1CCCCCC1. The largest absolute Gasteiger partial charge is 0.467 e. The highest BCUT2D eigenvalue weighted by atomic mass is 127. The fraction of sp³-hybridized carbons (Fsp3) is 0.583. The molecule has 1 aliphatic rings. The maximum absolute atomic E-state index is 5.97. The van der Waals surface area contributed by atoms with Crippen LogP contribution in [0.5, 0.6) is 0 Å². The molecule has 1 aliphatic heterocycles. The van der Waals surface area contributed by atoms with Crippen LogP contribution in [0.15, 0.2) is 27.8 Å². The Morgan fingerprint density at radius 2 is 2.00 bits per heavy atom. The molecule has 2 rings (SSSR count). The maximum atomic E-state index is 5.97. The zero-order valence-electron chi connectivity index (χ0n) is 9.97. The van der Waals surface area contributed by atoms with Gasteiger partial charge >= 0.3 is 0 Å². The van der Waals surface area contributed by atoms with Crippen molar-refractivity contribution in [2.45, 2.75) is 32.2 Å². The normalized spacial score (nSPS) is 17.4. The van der Waals surface area contributed by atoms with Crippen LogP contribution in [-0.2, 0) is 6.54 Å². The monoisotopic (exact) mass is 349 g/mol. The molecular formula is C12H20IN3O. The number of halogens is 1. The van der Waals surface area contributed by atoms with Gasteiger partial charge in [0.15, 0.2) is 5.96 Å². The van der Waals surface area contributed by atoms with Gasteiger partial charge in [0.1, 0.15) is 12.3 Å². The number of likely N-dealkylation sites (tertiary alicyclic amines) is 1. The topological polar surface area (TPSA) is 54.8 Å². The molecule has 2 N–H and O–H groups in total. The molecule has 96 valence electrons. The lowest BCUT2D eigenvalue weighted by Gasteiger charge is -2.20. The van der Waals surface area contributed by atoms with Gasteiger partial charge in [-0.05, 0) is 25.0 Å².